The van der Waals surface area contributed by atoms with Gasteiger partial charge in [0.05, 0.1) is 29.7 Å². The maximum Gasteiger partial charge on any atom is 0.260 e. The third kappa shape index (κ3) is 2.58. The van der Waals surface area contributed by atoms with Crippen molar-refractivity contribution in [2.75, 3.05) is 6.61 Å². The molecule has 0 saturated carbocycles. The van der Waals surface area contributed by atoms with E-state index < -0.39 is 5.79 Å². The Balaban J connectivity index is 1.46. The predicted octanol–water partition coefficient (Wildman–Crippen LogP) is 4.25. The molecule has 29 heavy (non-hydrogen) atoms. The minimum absolute atomic E-state index is 0.0118. The zero-order chi connectivity index (χ0) is 19.3. The summed E-state index contributed by atoms with van der Waals surface area (Å²) in [4.78, 5) is 4.90. The van der Waals surface area contributed by atoms with Gasteiger partial charge in [-0.3, -0.25) is 0 Å². The number of para-hydroxylation sites is 3. The predicted molar refractivity (Wildman–Crippen MR) is 109 cm³/mol. The van der Waals surface area contributed by atoms with Crippen LogP contribution in [-0.2, 0) is 28.4 Å². The second kappa shape index (κ2) is 6.44. The minimum atomic E-state index is -1.05. The summed E-state index contributed by atoms with van der Waals surface area (Å²) in [7, 11) is 0. The highest BCUT2D eigenvalue weighted by atomic mass is 16.7. The second-order valence-corrected chi connectivity index (χ2v) is 7.47. The Labute approximate surface area is 168 Å². The molecule has 144 valence electrons. The number of nitrogens with zero attached hydrogens (tertiary/aromatic N) is 2. The minimum Gasteiger partial charge on any atom is -0.488 e. The van der Waals surface area contributed by atoms with Gasteiger partial charge in [0, 0.05) is 0 Å². The van der Waals surface area contributed by atoms with Crippen LogP contribution in [0.15, 0.2) is 78.9 Å². The lowest BCUT2D eigenvalue weighted by Crippen LogP contribution is -2.38. The van der Waals surface area contributed by atoms with E-state index in [1.165, 1.54) is 0 Å². The Morgan fingerprint density at radius 1 is 0.966 bits per heavy atom. The van der Waals surface area contributed by atoms with Gasteiger partial charge >= 0.3 is 0 Å². The number of aromatic nitrogens is 2. The van der Waals surface area contributed by atoms with Crippen LogP contribution in [0.4, 0.5) is 0 Å². The third-order valence-electron chi connectivity index (χ3n) is 5.62. The third-order valence-corrected chi connectivity index (χ3v) is 5.62. The number of ether oxygens (including phenoxy) is 3. The number of benzene rings is 3. The van der Waals surface area contributed by atoms with Gasteiger partial charge in [-0.25, -0.2) is 4.98 Å². The summed E-state index contributed by atoms with van der Waals surface area (Å²) in [6, 6.07) is 26.3. The highest BCUT2D eigenvalue weighted by Crippen LogP contribution is 2.47. The van der Waals surface area contributed by atoms with Crippen LogP contribution in [-0.4, -0.2) is 22.3 Å². The van der Waals surface area contributed by atoms with Gasteiger partial charge in [0.15, 0.2) is 5.82 Å². The van der Waals surface area contributed by atoms with Gasteiger partial charge in [0.25, 0.3) is 5.79 Å². The van der Waals surface area contributed by atoms with E-state index in [9.17, 15) is 0 Å². The normalized spacial score (nSPS) is 22.6. The summed E-state index contributed by atoms with van der Waals surface area (Å²) >= 11 is 0. The van der Waals surface area contributed by atoms with Crippen LogP contribution in [0.1, 0.15) is 17.0 Å². The number of hydrogen-bond donors (Lipinski definition) is 0. The zero-order valence-corrected chi connectivity index (χ0v) is 15.8. The van der Waals surface area contributed by atoms with Crippen molar-refractivity contribution in [3.05, 3.63) is 95.8 Å². The average molecular weight is 384 g/mol. The lowest BCUT2D eigenvalue weighted by atomic mass is 10.0. The van der Waals surface area contributed by atoms with Crippen molar-refractivity contribution >= 4 is 11.0 Å². The van der Waals surface area contributed by atoms with Crippen LogP contribution in [0.25, 0.3) is 11.0 Å². The van der Waals surface area contributed by atoms with Crippen molar-refractivity contribution in [2.45, 2.75) is 25.0 Å². The maximum absolute atomic E-state index is 6.43. The first-order valence-electron chi connectivity index (χ1n) is 9.87. The van der Waals surface area contributed by atoms with Crippen molar-refractivity contribution in [3.8, 4) is 5.75 Å². The van der Waals surface area contributed by atoms with E-state index in [0.29, 0.717) is 13.2 Å². The summed E-state index contributed by atoms with van der Waals surface area (Å²) in [6.07, 6.45) is -0.0118. The topological polar surface area (TPSA) is 45.5 Å². The summed E-state index contributed by atoms with van der Waals surface area (Å²) in [5.41, 5.74) is 4.02. The van der Waals surface area contributed by atoms with Gasteiger partial charge in [-0.2, -0.15) is 0 Å². The van der Waals surface area contributed by atoms with Crippen LogP contribution < -0.4 is 4.74 Å². The van der Waals surface area contributed by atoms with Gasteiger partial charge in [-0.15, -0.1) is 0 Å². The summed E-state index contributed by atoms with van der Waals surface area (Å²) < 4.78 is 21.2. The molecule has 2 bridgehead atoms. The molecule has 3 heterocycles. The lowest BCUT2D eigenvalue weighted by molar-refractivity contribution is -0.163. The molecule has 6 rings (SSSR count). The van der Waals surface area contributed by atoms with Crippen molar-refractivity contribution in [3.63, 3.8) is 0 Å². The fourth-order valence-corrected chi connectivity index (χ4v) is 4.30. The lowest BCUT2D eigenvalue weighted by Gasteiger charge is -2.33. The fourth-order valence-electron chi connectivity index (χ4n) is 4.30. The molecule has 1 fully saturated rings. The van der Waals surface area contributed by atoms with Crippen molar-refractivity contribution < 1.29 is 14.2 Å². The highest BCUT2D eigenvalue weighted by molar-refractivity contribution is 5.76. The van der Waals surface area contributed by atoms with E-state index >= 15 is 0 Å². The standard InChI is InChI=1S/C24H20N2O3/c1-2-8-17(9-3-1)15-27-22-13-7-4-10-19(22)24-23-25-20-11-5-6-12-21(20)26(23)14-18(29-24)16-28-24/h1-13,18H,14-16H2. The largest absolute Gasteiger partial charge is 0.488 e. The van der Waals surface area contributed by atoms with Crippen LogP contribution in [0.5, 0.6) is 5.75 Å². The quantitative estimate of drug-likeness (QED) is 0.528. The molecule has 2 aliphatic rings. The molecular weight excluding hydrogens is 364 g/mol. The Morgan fingerprint density at radius 3 is 2.69 bits per heavy atom. The highest BCUT2D eigenvalue weighted by Gasteiger charge is 2.53. The number of imidazole rings is 1. The van der Waals surface area contributed by atoms with Gasteiger partial charge in [-0.1, -0.05) is 54.6 Å². The first-order valence-corrected chi connectivity index (χ1v) is 9.87. The SMILES string of the molecule is c1ccc(COc2ccccc2C23OCC(Cn4c2nc2ccccc24)O3)cc1. The summed E-state index contributed by atoms with van der Waals surface area (Å²) in [5.74, 6) is 0.482. The molecule has 0 spiro atoms. The summed E-state index contributed by atoms with van der Waals surface area (Å²) in [5, 5.41) is 0. The monoisotopic (exact) mass is 384 g/mol. The zero-order valence-electron chi connectivity index (χ0n) is 15.8. The fraction of sp³-hybridized carbons (Fsp3) is 0.208. The number of fused-ring (bicyclic) bond motifs is 6. The van der Waals surface area contributed by atoms with Crippen molar-refractivity contribution in [2.24, 2.45) is 0 Å². The molecule has 5 nitrogen and oxygen atoms in total. The molecule has 0 radical (unpaired) electrons. The molecule has 0 N–H and O–H groups in total. The Morgan fingerprint density at radius 2 is 1.76 bits per heavy atom. The maximum atomic E-state index is 6.43. The molecule has 4 aromatic rings. The molecule has 2 aliphatic heterocycles. The van der Waals surface area contributed by atoms with Gasteiger partial charge in [0.1, 0.15) is 18.5 Å². The van der Waals surface area contributed by atoms with E-state index in [1.54, 1.807) is 0 Å². The van der Waals surface area contributed by atoms with Gasteiger partial charge in [0.2, 0.25) is 0 Å². The molecule has 2 atom stereocenters. The molecule has 1 saturated heterocycles. The number of rotatable bonds is 4. The van der Waals surface area contributed by atoms with E-state index in [0.717, 1.165) is 40.3 Å². The Bertz CT molecular complexity index is 1190. The van der Waals surface area contributed by atoms with Gasteiger partial charge in [-0.05, 0) is 29.8 Å². The molecule has 3 aromatic carbocycles. The Hall–Kier alpha value is -3.15. The number of hydrogen-bond acceptors (Lipinski definition) is 4. The van der Waals surface area contributed by atoms with Crippen LogP contribution in [0.2, 0.25) is 0 Å². The smallest absolute Gasteiger partial charge is 0.260 e. The van der Waals surface area contributed by atoms with E-state index in [1.807, 2.05) is 60.7 Å². The second-order valence-electron chi connectivity index (χ2n) is 7.47. The summed E-state index contributed by atoms with van der Waals surface area (Å²) in [6.45, 7) is 1.75. The molecule has 1 aromatic heterocycles. The van der Waals surface area contributed by atoms with E-state index in [4.69, 9.17) is 19.2 Å². The Kier molecular flexibility index (Phi) is 3.72. The molecular formula is C24H20N2O3. The molecule has 0 amide bonds. The first kappa shape index (κ1) is 16.8. The average Bonchev–Trinajstić information content (AvgIpc) is 3.34. The molecule has 2 unspecified atom stereocenters. The van der Waals surface area contributed by atoms with Crippen molar-refractivity contribution in [1.82, 2.24) is 9.55 Å². The van der Waals surface area contributed by atoms with Crippen LogP contribution in [0.3, 0.4) is 0 Å². The van der Waals surface area contributed by atoms with E-state index in [2.05, 4.69) is 22.8 Å². The first-order chi connectivity index (χ1) is 14.3. The van der Waals surface area contributed by atoms with Gasteiger partial charge < -0.3 is 18.8 Å². The van der Waals surface area contributed by atoms with E-state index in [-0.39, 0.29) is 6.10 Å². The van der Waals surface area contributed by atoms with Crippen molar-refractivity contribution in [1.29, 1.82) is 0 Å². The van der Waals surface area contributed by atoms with Crippen LogP contribution >= 0.6 is 0 Å². The van der Waals surface area contributed by atoms with Crippen LogP contribution in [0, 0.1) is 0 Å². The molecule has 0 aliphatic carbocycles. The molecule has 5 heteroatoms.